The second kappa shape index (κ2) is 14.4. The molecule has 2 amide bonds. The molecule has 3 heterocycles. The number of aliphatic carboxylic acids is 2. The third-order valence-electron chi connectivity index (χ3n) is 4.10. The fraction of sp³-hybridized carbons (Fsp3) is 0.312. The van der Waals surface area contributed by atoms with Gasteiger partial charge in [0.2, 0.25) is 0 Å². The van der Waals surface area contributed by atoms with Gasteiger partial charge in [0.25, 0.3) is 5.91 Å². The second-order valence-electron chi connectivity index (χ2n) is 6.25. The summed E-state index contributed by atoms with van der Waals surface area (Å²) in [5.74, 6) is -4.88. The topological polar surface area (TPSA) is 246 Å². The molecule has 0 aromatic carbocycles. The molecule has 1 fully saturated rings. The molecule has 182 valence electrons. The summed E-state index contributed by atoms with van der Waals surface area (Å²) in [5, 5.41) is 37.0. The van der Waals surface area contributed by atoms with Gasteiger partial charge in [0, 0.05) is 21.9 Å². The number of nitrogens with zero attached hydrogens (tertiary/aromatic N) is 4. The van der Waals surface area contributed by atoms with Gasteiger partial charge in [-0.15, -0.1) is 23.1 Å². The first-order valence-corrected chi connectivity index (χ1v) is 11.8. The minimum atomic E-state index is -1.59. The number of hydrogen-bond acceptors (Lipinski definition) is 15. The van der Waals surface area contributed by atoms with Crippen molar-refractivity contribution in [3.05, 3.63) is 21.7 Å². The van der Waals surface area contributed by atoms with Gasteiger partial charge in [-0.1, -0.05) is 16.9 Å². The molecule has 2 aliphatic heterocycles. The zero-order valence-corrected chi connectivity index (χ0v) is 25.2. The van der Waals surface area contributed by atoms with Crippen LogP contribution in [0.4, 0.5) is 9.93 Å². The predicted octanol–water partition coefficient (Wildman–Crippen LogP) is -8.67. The number of ether oxygens (including phenoxy) is 1. The molecule has 1 aromatic heterocycles. The molecule has 0 spiro atoms. The number of fused-ring (bicyclic) bond motifs is 1. The maximum absolute atomic E-state index is 12.7. The predicted molar refractivity (Wildman–Crippen MR) is 116 cm³/mol. The monoisotopic (exact) mass is 576 g/mol. The van der Waals surface area contributed by atoms with Gasteiger partial charge in [0.05, 0.1) is 5.97 Å². The molecular formula is C16H14N6Na2O9S3. The molecule has 1 saturated heterocycles. The number of primary amides is 1. The first-order chi connectivity index (χ1) is 16.1. The molecule has 0 radical (unpaired) electrons. The Morgan fingerprint density at radius 1 is 1.33 bits per heavy atom. The SMILES string of the molecule is NC(=O)OCSC1=C(C(=O)O)N2C(=O)[C@@H](N=C([O-])/C(=N/OCC(=O)[O-])c3csc(N)n3)[C@H]2SC1.[Na+].[Na+]. The number of carbonyl (C=O) groups excluding carboxylic acids is 3. The van der Waals surface area contributed by atoms with Crippen LogP contribution in [-0.4, -0.2) is 80.3 Å². The number of aromatic nitrogens is 1. The molecule has 0 unspecified atom stereocenters. The molecule has 0 bridgehead atoms. The largest absolute Gasteiger partial charge is 1.00 e. The van der Waals surface area contributed by atoms with Crippen molar-refractivity contribution in [1.29, 1.82) is 0 Å². The Morgan fingerprint density at radius 2 is 2.03 bits per heavy atom. The van der Waals surface area contributed by atoms with E-state index < -0.39 is 53.6 Å². The van der Waals surface area contributed by atoms with E-state index in [4.69, 9.17) is 11.5 Å². The number of thiazole rings is 1. The zero-order valence-electron chi connectivity index (χ0n) is 18.7. The standard InChI is InChI=1S/C16H16N6O9S3.2Na/c17-15-19-5(2-33-15)8(21-31-1-7(23)24)11(25)20-9-12(26)22-10(14(27)28)6(3-32-13(9)22)34-4-30-16(18)29;;/h2,9,13H,1,3-4H2,(H2,17,19)(H2,18,29)(H,20,25)(H,23,24)(H,27,28);;/q;2*+1/p-2/b21-8+;;/t9-,13-;;/m1../s1. The first kappa shape index (κ1) is 32.5. The molecule has 15 nitrogen and oxygen atoms in total. The van der Waals surface area contributed by atoms with Crippen LogP contribution >= 0.6 is 34.9 Å². The first-order valence-electron chi connectivity index (χ1n) is 8.92. The van der Waals surface area contributed by atoms with Crippen LogP contribution in [0.3, 0.4) is 0 Å². The van der Waals surface area contributed by atoms with Crippen LogP contribution in [0.2, 0.25) is 0 Å². The van der Waals surface area contributed by atoms with Gasteiger partial charge >= 0.3 is 71.2 Å². The van der Waals surface area contributed by atoms with Crippen LogP contribution in [0, 0.1) is 0 Å². The van der Waals surface area contributed by atoms with Crippen LogP contribution in [0.25, 0.3) is 0 Å². The van der Waals surface area contributed by atoms with Crippen molar-refractivity contribution in [1.82, 2.24) is 9.88 Å². The Hall–Kier alpha value is -1.51. The summed E-state index contributed by atoms with van der Waals surface area (Å²) in [4.78, 5) is 59.3. The number of carboxylic acids is 2. The molecule has 3 rings (SSSR count). The number of nitrogens with two attached hydrogens (primary N) is 2. The summed E-state index contributed by atoms with van der Waals surface area (Å²) >= 11 is 3.01. The summed E-state index contributed by atoms with van der Waals surface area (Å²) in [7, 11) is 0. The van der Waals surface area contributed by atoms with Crippen molar-refractivity contribution in [3.8, 4) is 0 Å². The molecule has 5 N–H and O–H groups in total. The van der Waals surface area contributed by atoms with Gasteiger partial charge in [-0.25, -0.2) is 14.6 Å². The molecule has 0 aliphatic carbocycles. The van der Waals surface area contributed by atoms with E-state index in [-0.39, 0.29) is 92.2 Å². The number of anilines is 1. The van der Waals surface area contributed by atoms with E-state index in [0.717, 1.165) is 39.8 Å². The molecule has 36 heavy (non-hydrogen) atoms. The average molecular weight is 577 g/mol. The van der Waals surface area contributed by atoms with Gasteiger partial charge < -0.3 is 41.2 Å². The van der Waals surface area contributed by atoms with E-state index in [2.05, 4.69) is 24.7 Å². The smallest absolute Gasteiger partial charge is 0.857 e. The number of aliphatic imine (C=N–C) groups is 1. The molecular weight excluding hydrogens is 562 g/mol. The molecule has 1 aromatic rings. The fourth-order valence-corrected chi connectivity index (χ4v) is 5.66. The summed E-state index contributed by atoms with van der Waals surface area (Å²) in [6.07, 6.45) is -1.04. The van der Waals surface area contributed by atoms with Crippen molar-refractivity contribution in [2.75, 3.05) is 24.0 Å². The van der Waals surface area contributed by atoms with Crippen LogP contribution in [0.5, 0.6) is 0 Å². The quantitative estimate of drug-likeness (QED) is 0.0585. The molecule has 0 saturated carbocycles. The Morgan fingerprint density at radius 3 is 2.58 bits per heavy atom. The van der Waals surface area contributed by atoms with E-state index >= 15 is 0 Å². The van der Waals surface area contributed by atoms with E-state index in [9.17, 15) is 34.5 Å². The summed E-state index contributed by atoms with van der Waals surface area (Å²) in [6, 6.07) is -1.23. The van der Waals surface area contributed by atoms with Crippen LogP contribution < -0.4 is 80.8 Å². The molecule has 2 aliphatic rings. The van der Waals surface area contributed by atoms with E-state index in [1.54, 1.807) is 0 Å². The van der Waals surface area contributed by atoms with Crippen molar-refractivity contribution in [3.63, 3.8) is 0 Å². The Labute approximate surface area is 259 Å². The van der Waals surface area contributed by atoms with Gasteiger partial charge in [-0.05, 0) is 0 Å². The van der Waals surface area contributed by atoms with Crippen LogP contribution in [0.15, 0.2) is 26.1 Å². The van der Waals surface area contributed by atoms with Crippen molar-refractivity contribution in [2.45, 2.75) is 11.4 Å². The minimum Gasteiger partial charge on any atom is -0.857 e. The Bertz CT molecular complexity index is 1130. The summed E-state index contributed by atoms with van der Waals surface area (Å²) in [6.45, 7) is -0.947. The molecule has 2 atom stereocenters. The van der Waals surface area contributed by atoms with E-state index in [1.165, 1.54) is 5.38 Å². The van der Waals surface area contributed by atoms with E-state index in [1.807, 2.05) is 0 Å². The second-order valence-corrected chi connectivity index (χ2v) is 9.26. The number of carboxylic acid groups (broad SMARTS) is 2. The normalized spacial score (nSPS) is 19.3. The van der Waals surface area contributed by atoms with Gasteiger partial charge in [-0.3, -0.25) is 14.7 Å². The third-order valence-corrected chi connectivity index (χ3v) is 7.15. The maximum atomic E-state index is 12.7. The number of hydrogen-bond donors (Lipinski definition) is 3. The van der Waals surface area contributed by atoms with Gasteiger partial charge in [0.15, 0.2) is 17.8 Å². The number of carbonyl (C=O) groups is 4. The average Bonchev–Trinajstić information content (AvgIpc) is 3.19. The summed E-state index contributed by atoms with van der Waals surface area (Å²) < 4.78 is 4.59. The summed E-state index contributed by atoms with van der Waals surface area (Å²) in [5.41, 5.74) is 9.58. The number of rotatable bonds is 10. The number of amides is 2. The zero-order chi connectivity index (χ0) is 25.0. The van der Waals surface area contributed by atoms with Crippen LogP contribution in [-0.2, 0) is 24.0 Å². The number of β-lactam (4-membered cyclic amide) rings is 1. The Kier molecular flexibility index (Phi) is 13.0. The number of thioether (sulfide) groups is 2. The van der Waals surface area contributed by atoms with Gasteiger partial charge in [0.1, 0.15) is 28.4 Å². The minimum absolute atomic E-state index is 0. The number of nitrogen functional groups attached to an aromatic ring is 1. The third kappa shape index (κ3) is 7.75. The van der Waals surface area contributed by atoms with Crippen LogP contribution in [0.1, 0.15) is 5.69 Å². The van der Waals surface area contributed by atoms with Crippen molar-refractivity contribution >= 4 is 75.5 Å². The van der Waals surface area contributed by atoms with E-state index in [0.29, 0.717) is 0 Å². The van der Waals surface area contributed by atoms with Gasteiger partial charge in [-0.2, -0.15) is 0 Å². The molecule has 20 heteroatoms. The fourth-order valence-electron chi connectivity index (χ4n) is 2.75. The number of oxime groups is 1. The van der Waals surface area contributed by atoms with Crippen molar-refractivity contribution in [2.24, 2.45) is 15.9 Å². The van der Waals surface area contributed by atoms with Crippen molar-refractivity contribution < 1.29 is 103 Å². The maximum Gasteiger partial charge on any atom is 1.00 e. The Balaban J connectivity index is 0.00000324.